The van der Waals surface area contributed by atoms with Gasteiger partial charge in [0.15, 0.2) is 0 Å². The van der Waals surface area contributed by atoms with E-state index in [0.717, 1.165) is 21.6 Å². The molecule has 0 spiro atoms. The van der Waals surface area contributed by atoms with Gasteiger partial charge in [-0.25, -0.2) is 8.93 Å². The second-order valence-corrected chi connectivity index (χ2v) is 9.85. The summed E-state index contributed by atoms with van der Waals surface area (Å²) in [7, 11) is -2.66. The van der Waals surface area contributed by atoms with Gasteiger partial charge in [0.05, 0.1) is 27.0 Å². The number of rotatable bonds is 7. The van der Waals surface area contributed by atoms with Crippen LogP contribution in [0.15, 0.2) is 88.7 Å². The summed E-state index contributed by atoms with van der Waals surface area (Å²) in [5.74, 6) is 0.317. The lowest BCUT2D eigenvalue weighted by atomic mass is 9.96. The van der Waals surface area contributed by atoms with Crippen molar-refractivity contribution in [3.63, 3.8) is 0 Å². The predicted molar refractivity (Wildman–Crippen MR) is 117 cm³/mol. The first-order valence-electron chi connectivity index (χ1n) is 9.14. The van der Waals surface area contributed by atoms with Gasteiger partial charge in [0, 0.05) is 4.90 Å². The molecule has 1 N–H and O–H groups in total. The van der Waals surface area contributed by atoms with Crippen molar-refractivity contribution < 1.29 is 8.42 Å². The lowest BCUT2D eigenvalue weighted by Gasteiger charge is -2.30. The SMILES string of the molecule is Cc1ccc([S@](=O)C[C@](C)(N[S@](=O)c2ccc(C)cc2)c2ccccc2)cc1. The zero-order chi connectivity index (χ0) is 20.1. The number of benzene rings is 3. The summed E-state index contributed by atoms with van der Waals surface area (Å²) in [6.07, 6.45) is 0. The molecule has 3 atom stereocenters. The molecule has 0 aromatic heterocycles. The van der Waals surface area contributed by atoms with Crippen molar-refractivity contribution in [3.8, 4) is 0 Å². The molecule has 0 saturated heterocycles. The van der Waals surface area contributed by atoms with Crippen LogP contribution < -0.4 is 4.72 Å². The molecule has 0 amide bonds. The van der Waals surface area contributed by atoms with Crippen LogP contribution >= 0.6 is 0 Å². The third-order valence-corrected chi connectivity index (χ3v) is 7.64. The molecule has 5 heteroatoms. The average molecular weight is 412 g/mol. The second-order valence-electron chi connectivity index (χ2n) is 7.18. The minimum atomic E-state index is -1.42. The Morgan fingerprint density at radius 2 is 1.25 bits per heavy atom. The van der Waals surface area contributed by atoms with Crippen LogP contribution in [0.5, 0.6) is 0 Å². The van der Waals surface area contributed by atoms with Gasteiger partial charge in [-0.3, -0.25) is 4.21 Å². The lowest BCUT2D eigenvalue weighted by molar-refractivity contribution is 0.499. The highest BCUT2D eigenvalue weighted by Crippen LogP contribution is 2.26. The Morgan fingerprint density at radius 3 is 1.79 bits per heavy atom. The van der Waals surface area contributed by atoms with Gasteiger partial charge in [0.25, 0.3) is 0 Å². The number of nitrogens with one attached hydrogen (secondary N) is 1. The van der Waals surface area contributed by atoms with Gasteiger partial charge in [-0.2, -0.15) is 0 Å². The van der Waals surface area contributed by atoms with E-state index in [9.17, 15) is 8.42 Å². The first-order chi connectivity index (χ1) is 13.4. The van der Waals surface area contributed by atoms with Gasteiger partial charge >= 0.3 is 0 Å². The first-order valence-corrected chi connectivity index (χ1v) is 11.6. The summed E-state index contributed by atoms with van der Waals surface area (Å²) in [5, 5.41) is 0. The number of aryl methyl sites for hydroxylation is 2. The molecule has 0 fully saturated rings. The van der Waals surface area contributed by atoms with Gasteiger partial charge in [0.1, 0.15) is 11.0 Å². The van der Waals surface area contributed by atoms with Crippen LogP contribution in [-0.2, 0) is 27.3 Å². The van der Waals surface area contributed by atoms with E-state index in [1.807, 2.05) is 99.6 Å². The third-order valence-electron chi connectivity index (χ3n) is 4.67. The van der Waals surface area contributed by atoms with Gasteiger partial charge in [0.2, 0.25) is 0 Å². The van der Waals surface area contributed by atoms with Crippen molar-refractivity contribution in [2.24, 2.45) is 0 Å². The molecule has 0 saturated carbocycles. The van der Waals surface area contributed by atoms with Crippen molar-refractivity contribution in [2.45, 2.75) is 36.1 Å². The van der Waals surface area contributed by atoms with E-state index in [-0.39, 0.29) is 0 Å². The molecular weight excluding hydrogens is 386 g/mol. The largest absolute Gasteiger partial charge is 0.254 e. The molecule has 0 aliphatic rings. The summed E-state index contributed by atoms with van der Waals surface area (Å²) in [6.45, 7) is 5.96. The molecule has 0 bridgehead atoms. The van der Waals surface area contributed by atoms with Crippen molar-refractivity contribution in [1.82, 2.24) is 4.72 Å². The van der Waals surface area contributed by atoms with Crippen LogP contribution in [0, 0.1) is 13.8 Å². The van der Waals surface area contributed by atoms with E-state index in [0.29, 0.717) is 10.6 Å². The van der Waals surface area contributed by atoms with Crippen LogP contribution in [0.3, 0.4) is 0 Å². The predicted octanol–water partition coefficient (Wildman–Crippen LogP) is 4.64. The van der Waals surface area contributed by atoms with Gasteiger partial charge < -0.3 is 0 Å². The Kier molecular flexibility index (Phi) is 6.60. The molecule has 0 radical (unpaired) electrons. The summed E-state index contributed by atoms with van der Waals surface area (Å²) in [6, 6.07) is 25.1. The lowest BCUT2D eigenvalue weighted by Crippen LogP contribution is -2.45. The third kappa shape index (κ3) is 5.04. The molecule has 3 aromatic carbocycles. The van der Waals surface area contributed by atoms with Crippen molar-refractivity contribution in [2.75, 3.05) is 5.75 Å². The maximum atomic E-state index is 13.1. The fraction of sp³-hybridized carbons (Fsp3) is 0.217. The van der Waals surface area contributed by atoms with Crippen LogP contribution in [0.1, 0.15) is 23.6 Å². The molecule has 0 aliphatic carbocycles. The monoisotopic (exact) mass is 411 g/mol. The highest BCUT2D eigenvalue weighted by atomic mass is 32.2. The zero-order valence-corrected chi connectivity index (χ0v) is 18.0. The highest BCUT2D eigenvalue weighted by molar-refractivity contribution is 7.85. The smallest absolute Gasteiger partial charge is 0.125 e. The Labute approximate surface area is 172 Å². The molecule has 0 unspecified atom stereocenters. The maximum Gasteiger partial charge on any atom is 0.125 e. The maximum absolute atomic E-state index is 13.1. The van der Waals surface area contributed by atoms with E-state index in [4.69, 9.17) is 0 Å². The molecule has 3 aromatic rings. The van der Waals surface area contributed by atoms with E-state index in [2.05, 4.69) is 4.72 Å². The van der Waals surface area contributed by atoms with Crippen molar-refractivity contribution in [3.05, 3.63) is 95.6 Å². The topological polar surface area (TPSA) is 46.2 Å². The molecule has 0 heterocycles. The van der Waals surface area contributed by atoms with E-state index >= 15 is 0 Å². The Balaban J connectivity index is 1.89. The van der Waals surface area contributed by atoms with Gasteiger partial charge in [-0.15, -0.1) is 0 Å². The fourth-order valence-electron chi connectivity index (χ4n) is 2.94. The normalized spacial score (nSPS) is 15.5. The molecule has 3 rings (SSSR count). The van der Waals surface area contributed by atoms with Gasteiger partial charge in [-0.1, -0.05) is 65.7 Å². The molecular formula is C23H25NO2S2. The Bertz CT molecular complexity index is 908. The van der Waals surface area contributed by atoms with Crippen LogP contribution in [0.2, 0.25) is 0 Å². The Hall–Kier alpha value is -2.08. The number of hydrogen-bond donors (Lipinski definition) is 1. The van der Waals surface area contributed by atoms with Crippen LogP contribution in [0.25, 0.3) is 0 Å². The van der Waals surface area contributed by atoms with E-state index in [1.54, 1.807) is 0 Å². The highest BCUT2D eigenvalue weighted by Gasteiger charge is 2.31. The van der Waals surface area contributed by atoms with Crippen molar-refractivity contribution in [1.29, 1.82) is 0 Å². The first kappa shape index (κ1) is 20.6. The molecule has 3 nitrogen and oxygen atoms in total. The summed E-state index contributed by atoms with van der Waals surface area (Å²) >= 11 is 0. The fourth-order valence-corrected chi connectivity index (χ4v) is 5.50. The average Bonchev–Trinajstić information content (AvgIpc) is 2.69. The zero-order valence-electron chi connectivity index (χ0n) is 16.3. The standard InChI is InChI=1S/C23H25NO2S2/c1-18-9-13-21(14-10-18)27(25)17-23(3,20-7-5-4-6-8-20)24-28(26)22-15-11-19(2)12-16-22/h4-16,24H,17H2,1-3H3/t23-,27+,28+/m0/s1. The minimum Gasteiger partial charge on any atom is -0.254 e. The molecule has 0 aliphatic heterocycles. The van der Waals surface area contributed by atoms with Gasteiger partial charge in [-0.05, 0) is 50.6 Å². The van der Waals surface area contributed by atoms with Crippen LogP contribution in [0.4, 0.5) is 0 Å². The minimum absolute atomic E-state index is 0.317. The molecule has 146 valence electrons. The van der Waals surface area contributed by atoms with E-state index in [1.165, 1.54) is 0 Å². The number of hydrogen-bond acceptors (Lipinski definition) is 2. The summed E-state index contributed by atoms with van der Waals surface area (Å²) in [5.41, 5.74) is 2.49. The second kappa shape index (κ2) is 8.95. The summed E-state index contributed by atoms with van der Waals surface area (Å²) in [4.78, 5) is 1.48. The molecule has 28 heavy (non-hydrogen) atoms. The Morgan fingerprint density at radius 1 is 0.750 bits per heavy atom. The van der Waals surface area contributed by atoms with Crippen molar-refractivity contribution >= 4 is 21.8 Å². The quantitative estimate of drug-likeness (QED) is 0.616. The summed E-state index contributed by atoms with van der Waals surface area (Å²) < 4.78 is 29.3. The van der Waals surface area contributed by atoms with E-state index < -0.39 is 27.3 Å². The van der Waals surface area contributed by atoms with Crippen LogP contribution in [-0.4, -0.2) is 14.2 Å².